The Bertz CT molecular complexity index is 352. The molecule has 0 heterocycles. The van der Waals surface area contributed by atoms with Crippen LogP contribution in [0.15, 0.2) is 0 Å². The maximum atomic E-state index is 11.6. The number of carboxylic acid groups (broad SMARTS) is 1. The smallest absolute Gasteiger partial charge is 0.304 e. The summed E-state index contributed by atoms with van der Waals surface area (Å²) in [6.07, 6.45) is 4.70. The first kappa shape index (κ1) is 14.4. The molecule has 0 spiro atoms. The van der Waals surface area contributed by atoms with Crippen LogP contribution in [0.3, 0.4) is 0 Å². The van der Waals surface area contributed by atoms with E-state index in [-0.39, 0.29) is 18.2 Å². The zero-order valence-electron chi connectivity index (χ0n) is 10.2. The van der Waals surface area contributed by atoms with E-state index in [9.17, 15) is 13.2 Å². The molecule has 2 N–H and O–H groups in total. The number of aliphatic carboxylic acids is 1. The van der Waals surface area contributed by atoms with Gasteiger partial charge in [0.15, 0.2) is 0 Å². The van der Waals surface area contributed by atoms with Crippen molar-refractivity contribution < 1.29 is 18.3 Å². The van der Waals surface area contributed by atoms with Gasteiger partial charge in [0.05, 0.1) is 12.2 Å². The van der Waals surface area contributed by atoms with Crippen molar-refractivity contribution in [1.29, 1.82) is 0 Å². The van der Waals surface area contributed by atoms with Gasteiger partial charge in [-0.05, 0) is 18.8 Å². The van der Waals surface area contributed by atoms with Crippen molar-refractivity contribution in [2.75, 3.05) is 5.75 Å². The van der Waals surface area contributed by atoms with E-state index in [1.807, 2.05) is 0 Å². The Balaban J connectivity index is 2.44. The van der Waals surface area contributed by atoms with Crippen molar-refractivity contribution in [1.82, 2.24) is 4.72 Å². The number of nitrogens with one attached hydrogen (secondary N) is 1. The molecular formula is C11H21NO4S. The Kier molecular flexibility index (Phi) is 5.39. The maximum absolute atomic E-state index is 11.6. The van der Waals surface area contributed by atoms with Crippen LogP contribution in [0.4, 0.5) is 0 Å². The summed E-state index contributed by atoms with van der Waals surface area (Å²) in [6.45, 7) is 2.12. The highest BCUT2D eigenvalue weighted by Crippen LogP contribution is 2.26. The minimum absolute atomic E-state index is 0.00695. The quantitative estimate of drug-likeness (QED) is 0.757. The lowest BCUT2D eigenvalue weighted by molar-refractivity contribution is -0.136. The highest BCUT2D eigenvalue weighted by molar-refractivity contribution is 7.89. The first-order chi connectivity index (χ1) is 7.93. The molecule has 0 amide bonds. The van der Waals surface area contributed by atoms with Crippen LogP contribution < -0.4 is 4.72 Å². The topological polar surface area (TPSA) is 83.5 Å². The zero-order valence-corrected chi connectivity index (χ0v) is 11.0. The SMILES string of the molecule is CCC1CCCC(NS(=O)(=O)CCC(=O)O)C1. The fourth-order valence-corrected chi connectivity index (χ4v) is 3.59. The van der Waals surface area contributed by atoms with Crippen LogP contribution in [0.25, 0.3) is 0 Å². The normalized spacial score (nSPS) is 25.7. The fraction of sp³-hybridized carbons (Fsp3) is 0.909. The summed E-state index contributed by atoms with van der Waals surface area (Å²) < 4.78 is 25.9. The van der Waals surface area contributed by atoms with E-state index < -0.39 is 16.0 Å². The third-order valence-electron chi connectivity index (χ3n) is 3.29. The summed E-state index contributed by atoms with van der Waals surface area (Å²) in [4.78, 5) is 10.3. The van der Waals surface area contributed by atoms with E-state index in [1.165, 1.54) is 6.42 Å². The second-order valence-electron chi connectivity index (χ2n) is 4.72. The summed E-state index contributed by atoms with van der Waals surface area (Å²) in [5.74, 6) is -0.809. The molecule has 0 aromatic rings. The van der Waals surface area contributed by atoms with Gasteiger partial charge >= 0.3 is 5.97 Å². The molecule has 6 heteroatoms. The molecule has 1 saturated carbocycles. The van der Waals surface area contributed by atoms with Crippen LogP contribution in [0.1, 0.15) is 45.4 Å². The summed E-state index contributed by atoms with van der Waals surface area (Å²) in [5.41, 5.74) is 0. The minimum Gasteiger partial charge on any atom is -0.481 e. The summed E-state index contributed by atoms with van der Waals surface area (Å²) >= 11 is 0. The molecule has 100 valence electrons. The average Bonchev–Trinajstić information content (AvgIpc) is 2.26. The predicted molar refractivity (Wildman–Crippen MR) is 65.2 cm³/mol. The second kappa shape index (κ2) is 6.35. The lowest BCUT2D eigenvalue weighted by Gasteiger charge is -2.28. The molecule has 0 aliphatic heterocycles. The fourth-order valence-electron chi connectivity index (χ4n) is 2.30. The number of sulfonamides is 1. The van der Waals surface area contributed by atoms with Crippen molar-refractivity contribution in [2.24, 2.45) is 5.92 Å². The molecule has 5 nitrogen and oxygen atoms in total. The second-order valence-corrected chi connectivity index (χ2v) is 6.59. The summed E-state index contributed by atoms with van der Waals surface area (Å²) in [7, 11) is -3.44. The van der Waals surface area contributed by atoms with Gasteiger partial charge in [0.2, 0.25) is 10.0 Å². The van der Waals surface area contributed by atoms with Crippen molar-refractivity contribution >= 4 is 16.0 Å². The molecule has 1 fully saturated rings. The number of hydrogen-bond acceptors (Lipinski definition) is 3. The molecule has 2 atom stereocenters. The van der Waals surface area contributed by atoms with E-state index in [1.54, 1.807) is 0 Å². The molecule has 0 aromatic carbocycles. The number of carbonyl (C=O) groups is 1. The third kappa shape index (κ3) is 5.50. The van der Waals surface area contributed by atoms with Gasteiger partial charge in [0.1, 0.15) is 0 Å². The zero-order chi connectivity index (χ0) is 12.9. The molecule has 0 saturated heterocycles. The van der Waals surface area contributed by atoms with Crippen LogP contribution in [0.2, 0.25) is 0 Å². The molecule has 0 radical (unpaired) electrons. The van der Waals surface area contributed by atoms with E-state index in [2.05, 4.69) is 11.6 Å². The van der Waals surface area contributed by atoms with Crippen LogP contribution in [-0.2, 0) is 14.8 Å². The van der Waals surface area contributed by atoms with Crippen molar-refractivity contribution in [3.8, 4) is 0 Å². The van der Waals surface area contributed by atoms with Crippen LogP contribution in [0, 0.1) is 5.92 Å². The number of rotatable bonds is 6. The van der Waals surface area contributed by atoms with E-state index in [4.69, 9.17) is 5.11 Å². The monoisotopic (exact) mass is 263 g/mol. The van der Waals surface area contributed by atoms with Crippen LogP contribution in [0.5, 0.6) is 0 Å². The Morgan fingerprint density at radius 1 is 1.41 bits per heavy atom. The maximum Gasteiger partial charge on any atom is 0.304 e. The van der Waals surface area contributed by atoms with Gasteiger partial charge in [0.25, 0.3) is 0 Å². The average molecular weight is 263 g/mol. The molecule has 0 aromatic heterocycles. The van der Waals surface area contributed by atoms with E-state index in [0.29, 0.717) is 5.92 Å². The Morgan fingerprint density at radius 3 is 2.71 bits per heavy atom. The highest BCUT2D eigenvalue weighted by atomic mass is 32.2. The molecule has 2 unspecified atom stereocenters. The van der Waals surface area contributed by atoms with Crippen LogP contribution in [-0.4, -0.2) is 31.3 Å². The Labute approximate surface area is 103 Å². The van der Waals surface area contributed by atoms with Gasteiger partial charge in [-0.15, -0.1) is 0 Å². The first-order valence-electron chi connectivity index (χ1n) is 6.14. The third-order valence-corrected chi connectivity index (χ3v) is 4.73. The van der Waals surface area contributed by atoms with Gasteiger partial charge in [-0.2, -0.15) is 0 Å². The largest absolute Gasteiger partial charge is 0.481 e. The van der Waals surface area contributed by atoms with Crippen molar-refractivity contribution in [3.63, 3.8) is 0 Å². The van der Waals surface area contributed by atoms with Gasteiger partial charge in [0, 0.05) is 6.04 Å². The highest BCUT2D eigenvalue weighted by Gasteiger charge is 2.24. The van der Waals surface area contributed by atoms with Gasteiger partial charge in [-0.3, -0.25) is 4.79 Å². The molecule has 17 heavy (non-hydrogen) atoms. The molecule has 1 aliphatic rings. The van der Waals surface area contributed by atoms with Gasteiger partial charge < -0.3 is 5.11 Å². The number of hydrogen-bond donors (Lipinski definition) is 2. The Morgan fingerprint density at radius 2 is 2.12 bits per heavy atom. The molecule has 1 rings (SSSR count). The van der Waals surface area contributed by atoms with E-state index in [0.717, 1.165) is 25.7 Å². The molecule has 0 bridgehead atoms. The van der Waals surface area contributed by atoms with Crippen LogP contribution >= 0.6 is 0 Å². The van der Waals surface area contributed by atoms with Gasteiger partial charge in [-0.25, -0.2) is 13.1 Å². The van der Waals surface area contributed by atoms with Crippen molar-refractivity contribution in [2.45, 2.75) is 51.5 Å². The lowest BCUT2D eigenvalue weighted by atomic mass is 9.85. The standard InChI is InChI=1S/C11H21NO4S/c1-2-9-4-3-5-10(8-9)12-17(15,16)7-6-11(13)14/h9-10,12H,2-8H2,1H3,(H,13,14). The van der Waals surface area contributed by atoms with Crippen molar-refractivity contribution in [3.05, 3.63) is 0 Å². The summed E-state index contributed by atoms with van der Waals surface area (Å²) in [5, 5.41) is 8.47. The first-order valence-corrected chi connectivity index (χ1v) is 7.80. The van der Waals surface area contributed by atoms with E-state index >= 15 is 0 Å². The molecular weight excluding hydrogens is 242 g/mol. The Hall–Kier alpha value is -0.620. The predicted octanol–water partition coefficient (Wildman–Crippen LogP) is 1.35. The summed E-state index contributed by atoms with van der Waals surface area (Å²) in [6, 6.07) is -0.00695. The lowest BCUT2D eigenvalue weighted by Crippen LogP contribution is -2.39. The number of carboxylic acids is 1. The van der Waals surface area contributed by atoms with Gasteiger partial charge in [-0.1, -0.05) is 26.2 Å². The minimum atomic E-state index is -3.44. The molecule has 1 aliphatic carbocycles.